The van der Waals surface area contributed by atoms with E-state index in [4.69, 9.17) is 0 Å². The molecule has 0 radical (unpaired) electrons. The summed E-state index contributed by atoms with van der Waals surface area (Å²) in [5, 5.41) is 0. The summed E-state index contributed by atoms with van der Waals surface area (Å²) in [5.74, 6) is 0. The molecular formula is C8H22Si2. The van der Waals surface area contributed by atoms with Crippen molar-refractivity contribution in [3.05, 3.63) is 0 Å². The summed E-state index contributed by atoms with van der Waals surface area (Å²) in [5.41, 5.74) is 0. The van der Waals surface area contributed by atoms with E-state index in [1.54, 1.807) is 12.1 Å². The molecule has 0 saturated carbocycles. The summed E-state index contributed by atoms with van der Waals surface area (Å²) >= 11 is 0. The minimum Gasteiger partial charge on any atom is -0.0695 e. The molecule has 0 aromatic rings. The minimum atomic E-state index is -0.685. The number of hydrogen-bond donors (Lipinski definition) is 0. The first-order valence-corrected chi connectivity index (χ1v) is 10.3. The normalized spacial score (nSPS) is 13.2. The Bertz CT molecular complexity index is 73.8. The number of hydrogen-bond acceptors (Lipinski definition) is 0. The third-order valence-electron chi connectivity index (χ3n) is 1.78. The van der Waals surface area contributed by atoms with E-state index < -0.39 is 8.07 Å². The van der Waals surface area contributed by atoms with Gasteiger partial charge in [-0.3, -0.25) is 0 Å². The van der Waals surface area contributed by atoms with Gasteiger partial charge in [-0.05, 0) is 0 Å². The molecule has 0 aliphatic carbocycles. The predicted octanol–water partition coefficient (Wildman–Crippen LogP) is 2.74. The molecule has 0 spiro atoms. The van der Waals surface area contributed by atoms with Gasteiger partial charge in [0, 0.05) is 17.6 Å². The Morgan fingerprint density at radius 3 is 2.20 bits per heavy atom. The molecule has 0 nitrogen and oxygen atoms in total. The average Bonchev–Trinajstić information content (AvgIpc) is 1.78. The second kappa shape index (κ2) is 5.13. The first-order valence-electron chi connectivity index (χ1n) is 4.56. The second-order valence-corrected chi connectivity index (χ2v) is 12.4. The van der Waals surface area contributed by atoms with Gasteiger partial charge < -0.3 is 0 Å². The van der Waals surface area contributed by atoms with Crippen LogP contribution in [0.25, 0.3) is 0 Å². The van der Waals surface area contributed by atoms with Gasteiger partial charge in [-0.25, -0.2) is 0 Å². The first-order chi connectivity index (χ1) is 4.56. The first kappa shape index (κ1) is 10.4. The maximum Gasteiger partial charge on any atom is 0.0442 e. The molecule has 0 fully saturated rings. The van der Waals surface area contributed by atoms with E-state index in [2.05, 4.69) is 26.6 Å². The minimum absolute atomic E-state index is 0.375. The van der Waals surface area contributed by atoms with E-state index in [1.165, 1.54) is 12.5 Å². The fourth-order valence-corrected chi connectivity index (χ4v) is 4.00. The Hall–Kier alpha value is 0.434. The molecule has 0 unspecified atom stereocenters. The molecule has 0 aromatic carbocycles. The zero-order chi connectivity index (χ0) is 8.04. The standard InChI is InChI=1S/C8H22Si2/c1-5-9-7-6-8-10(2,3)4/h5-9H2,1-4H3. The van der Waals surface area contributed by atoms with Crippen molar-refractivity contribution in [3.63, 3.8) is 0 Å². The third-order valence-corrected chi connectivity index (χ3v) is 5.34. The van der Waals surface area contributed by atoms with Gasteiger partial charge in [0.2, 0.25) is 0 Å². The van der Waals surface area contributed by atoms with Gasteiger partial charge in [0.05, 0.1) is 0 Å². The van der Waals surface area contributed by atoms with Crippen LogP contribution < -0.4 is 0 Å². The molecule has 0 aliphatic heterocycles. The molecule has 0 amide bonds. The molecule has 0 rings (SSSR count). The Morgan fingerprint density at radius 2 is 1.80 bits per heavy atom. The molecule has 0 N–H and O–H groups in total. The van der Waals surface area contributed by atoms with Crippen LogP contribution in [0.1, 0.15) is 13.3 Å². The lowest BCUT2D eigenvalue weighted by molar-refractivity contribution is 1.03. The summed E-state index contributed by atoms with van der Waals surface area (Å²) < 4.78 is 0. The van der Waals surface area contributed by atoms with Crippen molar-refractivity contribution in [2.24, 2.45) is 0 Å². The van der Waals surface area contributed by atoms with Crippen LogP contribution in [-0.4, -0.2) is 17.6 Å². The van der Waals surface area contributed by atoms with Crippen molar-refractivity contribution < 1.29 is 0 Å². The van der Waals surface area contributed by atoms with E-state index >= 15 is 0 Å². The summed E-state index contributed by atoms with van der Waals surface area (Å²) in [6, 6.07) is 4.66. The average molecular weight is 174 g/mol. The largest absolute Gasteiger partial charge is 0.0695 e. The molecule has 62 valence electrons. The van der Waals surface area contributed by atoms with Crippen LogP contribution >= 0.6 is 0 Å². The zero-order valence-electron chi connectivity index (χ0n) is 8.04. The molecule has 0 bridgehead atoms. The summed E-state index contributed by atoms with van der Waals surface area (Å²) in [6.45, 7) is 9.75. The molecule has 0 aromatic heterocycles. The van der Waals surface area contributed by atoms with Crippen molar-refractivity contribution in [2.75, 3.05) is 0 Å². The Labute approximate surface area is 69.2 Å². The van der Waals surface area contributed by atoms with Crippen molar-refractivity contribution >= 4 is 17.6 Å². The van der Waals surface area contributed by atoms with E-state index in [9.17, 15) is 0 Å². The maximum absolute atomic E-state index is 2.47. The van der Waals surface area contributed by atoms with Crippen LogP contribution in [0.15, 0.2) is 0 Å². The van der Waals surface area contributed by atoms with Crippen molar-refractivity contribution in [1.82, 2.24) is 0 Å². The lowest BCUT2D eigenvalue weighted by Gasteiger charge is -2.14. The van der Waals surface area contributed by atoms with Crippen molar-refractivity contribution in [1.29, 1.82) is 0 Å². The van der Waals surface area contributed by atoms with Crippen LogP contribution in [-0.2, 0) is 0 Å². The molecule has 10 heavy (non-hydrogen) atoms. The highest BCUT2D eigenvalue weighted by Crippen LogP contribution is 2.12. The van der Waals surface area contributed by atoms with Gasteiger partial charge in [0.25, 0.3) is 0 Å². The molecular weight excluding hydrogens is 152 g/mol. The lowest BCUT2D eigenvalue weighted by Crippen LogP contribution is -2.18. The SMILES string of the molecule is CC[SiH2]CCC[Si](C)(C)C. The molecule has 0 aliphatic rings. The van der Waals surface area contributed by atoms with Crippen LogP contribution in [0.4, 0.5) is 0 Å². The van der Waals surface area contributed by atoms with Crippen LogP contribution in [0.2, 0.25) is 37.8 Å². The van der Waals surface area contributed by atoms with Crippen LogP contribution in [0, 0.1) is 0 Å². The van der Waals surface area contributed by atoms with E-state index in [0.29, 0.717) is 9.52 Å². The summed E-state index contributed by atoms with van der Waals surface area (Å²) in [4.78, 5) is 0. The van der Waals surface area contributed by atoms with Gasteiger partial charge in [0.1, 0.15) is 0 Å². The van der Waals surface area contributed by atoms with Gasteiger partial charge in [-0.1, -0.05) is 51.1 Å². The highest BCUT2D eigenvalue weighted by molar-refractivity contribution is 6.76. The smallest absolute Gasteiger partial charge is 0.0442 e. The second-order valence-electron chi connectivity index (χ2n) is 4.37. The molecule has 2 heteroatoms. The fraction of sp³-hybridized carbons (Fsp3) is 1.00. The Morgan fingerprint density at radius 1 is 1.20 bits per heavy atom. The maximum atomic E-state index is 2.47. The Kier molecular flexibility index (Phi) is 5.36. The lowest BCUT2D eigenvalue weighted by atomic mass is 10.6. The third kappa shape index (κ3) is 8.43. The summed E-state index contributed by atoms with van der Waals surface area (Å²) in [7, 11) is -0.310. The molecule has 0 atom stereocenters. The fourth-order valence-electron chi connectivity index (χ4n) is 1.08. The predicted molar refractivity (Wildman–Crippen MR) is 56.6 cm³/mol. The van der Waals surface area contributed by atoms with Crippen LogP contribution in [0.3, 0.4) is 0 Å². The highest BCUT2D eigenvalue weighted by Gasteiger charge is 2.10. The van der Waals surface area contributed by atoms with Gasteiger partial charge >= 0.3 is 0 Å². The van der Waals surface area contributed by atoms with Gasteiger partial charge in [0.15, 0.2) is 0 Å². The quantitative estimate of drug-likeness (QED) is 0.444. The monoisotopic (exact) mass is 174 g/mol. The topological polar surface area (TPSA) is 0 Å². The molecule has 0 saturated heterocycles. The van der Waals surface area contributed by atoms with Gasteiger partial charge in [-0.2, -0.15) is 0 Å². The van der Waals surface area contributed by atoms with Gasteiger partial charge in [-0.15, -0.1) is 0 Å². The van der Waals surface area contributed by atoms with E-state index in [0.717, 1.165) is 0 Å². The van der Waals surface area contributed by atoms with E-state index in [1.807, 2.05) is 0 Å². The highest BCUT2D eigenvalue weighted by atomic mass is 28.3. The van der Waals surface area contributed by atoms with Crippen molar-refractivity contribution in [2.45, 2.75) is 51.1 Å². The molecule has 0 heterocycles. The van der Waals surface area contributed by atoms with E-state index in [-0.39, 0.29) is 0 Å². The zero-order valence-corrected chi connectivity index (χ0v) is 10.4. The summed E-state index contributed by atoms with van der Waals surface area (Å²) in [6.07, 6.45) is 1.54. The number of rotatable bonds is 5. The van der Waals surface area contributed by atoms with Crippen LogP contribution in [0.5, 0.6) is 0 Å². The Balaban J connectivity index is 3.04. The van der Waals surface area contributed by atoms with Crippen molar-refractivity contribution in [3.8, 4) is 0 Å².